The van der Waals surface area contributed by atoms with Crippen LogP contribution in [0.15, 0.2) is 94.5 Å². The number of aromatic nitrogens is 2. The van der Waals surface area contributed by atoms with Crippen molar-refractivity contribution in [2.75, 3.05) is 19.8 Å². The molecule has 4 aromatic rings. The number of benzene rings is 3. The maximum Gasteiger partial charge on any atom is 0.343 e. The van der Waals surface area contributed by atoms with Crippen LogP contribution in [0.3, 0.4) is 0 Å². The van der Waals surface area contributed by atoms with Gasteiger partial charge in [0, 0.05) is 35.9 Å². The Hall–Kier alpha value is -6.51. The lowest BCUT2D eigenvalue weighted by Crippen LogP contribution is -2.79. The van der Waals surface area contributed by atoms with Gasteiger partial charge < -0.3 is 63.1 Å². The third kappa shape index (κ3) is 8.81. The van der Waals surface area contributed by atoms with E-state index in [1.807, 2.05) is 71.0 Å². The van der Waals surface area contributed by atoms with Crippen LogP contribution < -0.4 is 24.3 Å². The van der Waals surface area contributed by atoms with Crippen LogP contribution in [-0.2, 0) is 35.0 Å². The molecule has 3 saturated carbocycles. The lowest BCUT2D eigenvalue weighted by molar-refractivity contribution is -0.373. The summed E-state index contributed by atoms with van der Waals surface area (Å²) in [7, 11) is 0. The van der Waals surface area contributed by atoms with Crippen molar-refractivity contribution in [3.63, 3.8) is 0 Å². The highest BCUT2D eigenvalue weighted by atomic mass is 16.8. The molecule has 428 valence electrons. The topological polar surface area (TPSA) is 228 Å². The second-order valence-electron chi connectivity index (χ2n) is 24.7. The lowest BCUT2D eigenvalue weighted by atomic mass is 9.44. The number of aliphatic hydroxyl groups is 3. The zero-order chi connectivity index (χ0) is 57.3. The molecule has 3 aliphatic carbocycles. The van der Waals surface area contributed by atoms with Crippen molar-refractivity contribution in [1.29, 1.82) is 0 Å². The van der Waals surface area contributed by atoms with Crippen LogP contribution in [0.1, 0.15) is 128 Å². The van der Waals surface area contributed by atoms with Crippen molar-refractivity contribution in [3.8, 4) is 23.0 Å². The van der Waals surface area contributed by atoms with E-state index in [4.69, 9.17) is 47.9 Å². The molecule has 18 heteroatoms. The number of esters is 1. The van der Waals surface area contributed by atoms with Gasteiger partial charge in [-0.1, -0.05) is 41.5 Å². The summed E-state index contributed by atoms with van der Waals surface area (Å²) in [6.45, 7) is 19.3. The molecule has 12 atom stereocenters. The minimum Gasteiger partial charge on any atom is -0.482 e. The van der Waals surface area contributed by atoms with Crippen molar-refractivity contribution in [2.45, 2.75) is 166 Å². The summed E-state index contributed by atoms with van der Waals surface area (Å²) in [6, 6.07) is 13.4. The Balaban J connectivity index is 1.03. The molecule has 1 amide bonds. The van der Waals surface area contributed by atoms with Gasteiger partial charge in [0.2, 0.25) is 18.1 Å². The Morgan fingerprint density at radius 2 is 1.68 bits per heavy atom. The Kier molecular flexibility index (Phi) is 13.5. The Labute approximate surface area is 470 Å². The first-order valence-corrected chi connectivity index (χ1v) is 28.3. The van der Waals surface area contributed by atoms with Gasteiger partial charge in [0.1, 0.15) is 47.3 Å². The molecule has 5 unspecified atom stereocenters. The molecule has 1 aromatic heterocycles. The molecular formula is C63H72N4O14. The van der Waals surface area contributed by atoms with Crippen LogP contribution in [0.2, 0.25) is 0 Å². The number of fused-ring (bicyclic) bond motifs is 7. The number of ketones is 1. The molecule has 81 heavy (non-hydrogen) atoms. The molecule has 18 nitrogen and oxygen atoms in total. The van der Waals surface area contributed by atoms with E-state index in [9.17, 15) is 20.1 Å². The maximum absolute atomic E-state index is 16.1. The Morgan fingerprint density at radius 3 is 2.42 bits per heavy atom. The van der Waals surface area contributed by atoms with E-state index < -0.39 is 88.7 Å². The van der Waals surface area contributed by atoms with Crippen LogP contribution >= 0.6 is 0 Å². The zero-order valence-electron chi connectivity index (χ0n) is 47.5. The number of amides is 1. The van der Waals surface area contributed by atoms with Gasteiger partial charge in [-0.05, 0) is 143 Å². The van der Waals surface area contributed by atoms with Gasteiger partial charge in [0.15, 0.2) is 28.5 Å². The number of hydrogen-bond acceptors (Lipinski definition) is 16. The summed E-state index contributed by atoms with van der Waals surface area (Å²) in [5.74, 6) is -2.32. The summed E-state index contributed by atoms with van der Waals surface area (Å²) in [4.78, 5) is 55.4. The molecule has 3 aromatic carbocycles. The van der Waals surface area contributed by atoms with E-state index in [1.54, 1.807) is 51.1 Å². The minimum atomic E-state index is -1.65. The fraction of sp³-hybridized carbons (Fsp3) is 0.508. The molecule has 4 bridgehead atoms. The number of rotatable bonds is 14. The number of aliphatic hydroxyl groups excluding tert-OH is 3. The van der Waals surface area contributed by atoms with Gasteiger partial charge in [0.05, 0.1) is 64.2 Å². The van der Waals surface area contributed by atoms with E-state index in [-0.39, 0.29) is 54.9 Å². The number of para-hydroxylation sites is 2. The van der Waals surface area contributed by atoms with Gasteiger partial charge in [-0.3, -0.25) is 9.59 Å². The molecule has 13 rings (SSSR count). The first-order chi connectivity index (χ1) is 38.5. The van der Waals surface area contributed by atoms with E-state index >= 15 is 9.59 Å². The summed E-state index contributed by atoms with van der Waals surface area (Å²) in [6.07, 6.45) is 6.49. The summed E-state index contributed by atoms with van der Waals surface area (Å²) < 4.78 is 55.4. The summed E-state index contributed by atoms with van der Waals surface area (Å²) in [5.41, 5.74) is 1.53. The molecular weight excluding hydrogens is 1040 g/mol. The first kappa shape index (κ1) is 55.0. The molecule has 7 heterocycles. The summed E-state index contributed by atoms with van der Waals surface area (Å²) in [5, 5.41) is 34.5. The van der Waals surface area contributed by atoms with Gasteiger partial charge in [-0.15, -0.1) is 0 Å². The lowest BCUT2D eigenvalue weighted by Gasteiger charge is -2.64. The number of ether oxygens (including phenoxy) is 8. The van der Waals surface area contributed by atoms with Crippen molar-refractivity contribution < 1.29 is 67.6 Å². The standard InChI is InChI=1S/C63H72N4O14/c1-32(2)14-13-25-61(10)26-24-38-50(79-61)37(22-17-33(3)4)52-44(51(38)77-56(73)35-18-20-36(21-19-35)75-57-49(70)48(69)53-42(76-57)31-74-60(8,9)78-53)46-45-47(67-41-16-12-11-15-40(41)65-58(67)66-46)39-30-43-59(6,7)81-62(54(39)71,63(43,45)80-52)27-23-34(5)55(72)64-28-29-68/h11-12,14-21,23-24,26,39,42-43,45,47-49,53,57,68-70H,13,22,25,27-31H2,1-10H3,(H,64,72)/t39-,42+,43+,45?,47?,48+,49+,53+,57+,61?,62?,63?/m0/s1. The number of imidazole rings is 1. The number of hydrogen-bond donors (Lipinski definition) is 4. The van der Waals surface area contributed by atoms with Gasteiger partial charge in [-0.2, -0.15) is 0 Å². The van der Waals surface area contributed by atoms with E-state index in [0.29, 0.717) is 70.2 Å². The third-order valence-electron chi connectivity index (χ3n) is 17.8. The van der Waals surface area contributed by atoms with E-state index in [2.05, 4.69) is 35.9 Å². The molecule has 4 N–H and O–H groups in total. The fourth-order valence-electron chi connectivity index (χ4n) is 14.0. The van der Waals surface area contributed by atoms with Crippen LogP contribution in [0.4, 0.5) is 5.95 Å². The monoisotopic (exact) mass is 1110 g/mol. The van der Waals surface area contributed by atoms with Crippen molar-refractivity contribution in [3.05, 3.63) is 112 Å². The average molecular weight is 1110 g/mol. The van der Waals surface area contributed by atoms with Crippen LogP contribution in [0, 0.1) is 17.8 Å². The quantitative estimate of drug-likeness (QED) is 0.0403. The molecule has 9 aliphatic rings. The smallest absolute Gasteiger partial charge is 0.343 e. The molecule has 1 spiro atoms. The highest BCUT2D eigenvalue weighted by molar-refractivity contribution is 6.15. The number of Topliss-reactive ketones (excluding diaryl/α,β-unsaturated/α-hetero) is 1. The number of nitrogens with zero attached hydrogens (tertiary/aromatic N) is 3. The molecule has 0 radical (unpaired) electrons. The largest absolute Gasteiger partial charge is 0.482 e. The van der Waals surface area contributed by atoms with Crippen molar-refractivity contribution >= 4 is 46.4 Å². The fourth-order valence-corrected chi connectivity index (χ4v) is 14.0. The van der Waals surface area contributed by atoms with Crippen molar-refractivity contribution in [2.24, 2.45) is 22.7 Å². The van der Waals surface area contributed by atoms with Crippen molar-refractivity contribution in [1.82, 2.24) is 14.9 Å². The van der Waals surface area contributed by atoms with Crippen LogP contribution in [0.5, 0.6) is 23.0 Å². The number of carbonyl (C=O) groups excluding carboxylic acids is 3. The van der Waals surface area contributed by atoms with Crippen LogP contribution in [-0.4, -0.2) is 127 Å². The van der Waals surface area contributed by atoms with Gasteiger partial charge in [-0.25, -0.2) is 14.8 Å². The van der Waals surface area contributed by atoms with Crippen LogP contribution in [0.25, 0.3) is 17.1 Å². The van der Waals surface area contributed by atoms with Gasteiger partial charge in [0.25, 0.3) is 0 Å². The highest BCUT2D eigenvalue weighted by Gasteiger charge is 2.86. The number of carbonyl (C=O) groups is 3. The minimum absolute atomic E-state index is 0.00380. The highest BCUT2D eigenvalue weighted by Crippen LogP contribution is 2.74. The Morgan fingerprint density at radius 1 is 0.926 bits per heavy atom. The third-order valence-corrected chi connectivity index (χ3v) is 17.8. The molecule has 3 saturated heterocycles. The molecule has 6 aliphatic heterocycles. The SMILES string of the molecule is CC(C)=CCCC1(C)C=Cc2c(c(CC=C(C)C)c3c(c2OC(=O)c2ccc(O[C@@H]4O[C@@H]5COC(C)(C)O[C@H]5[C@H](O)[C@H]4O)cc2)C2=Nc4nc5ccccc5n4C4C2C2(O3)[C@@H]3C[C@@H]4C(=O)C2(CC=C(C)C(=O)NCCO)OC3(C)C)O1. The number of nitrogens with one attached hydrogen (secondary N) is 1. The van der Waals surface area contributed by atoms with E-state index in [1.165, 1.54) is 5.57 Å². The second kappa shape index (κ2) is 19.8. The number of allylic oxidation sites excluding steroid dienone is 4. The predicted octanol–water partition coefficient (Wildman–Crippen LogP) is 8.29. The Bertz CT molecular complexity index is 3420. The average Bonchev–Trinajstić information content (AvgIpc) is 1.62. The summed E-state index contributed by atoms with van der Waals surface area (Å²) >= 11 is 0. The second-order valence-corrected chi connectivity index (χ2v) is 24.7. The normalized spacial score (nSPS) is 32.2. The molecule has 6 fully saturated rings. The number of aliphatic imine (C=N–C) groups is 1. The van der Waals surface area contributed by atoms with Gasteiger partial charge >= 0.3 is 5.97 Å². The predicted molar refractivity (Wildman–Crippen MR) is 299 cm³/mol. The maximum atomic E-state index is 16.1. The zero-order valence-corrected chi connectivity index (χ0v) is 47.5. The first-order valence-electron chi connectivity index (χ1n) is 28.3. The van der Waals surface area contributed by atoms with E-state index in [0.717, 1.165) is 17.5 Å².